The summed E-state index contributed by atoms with van der Waals surface area (Å²) in [4.78, 5) is 15.9. The molecule has 124 valence electrons. The van der Waals surface area contributed by atoms with Crippen LogP contribution in [0.5, 0.6) is 5.75 Å². The van der Waals surface area contributed by atoms with Gasteiger partial charge in [-0.3, -0.25) is 0 Å². The Balaban J connectivity index is 1.98. The lowest BCUT2D eigenvalue weighted by atomic mass is 10.1. The highest BCUT2D eigenvalue weighted by Gasteiger charge is 2.20. The minimum atomic E-state index is -0.519. The van der Waals surface area contributed by atoms with Gasteiger partial charge in [-0.1, -0.05) is 0 Å². The molecule has 0 radical (unpaired) electrons. The fourth-order valence-corrected chi connectivity index (χ4v) is 2.31. The van der Waals surface area contributed by atoms with Crippen molar-refractivity contribution in [2.24, 2.45) is 0 Å². The van der Waals surface area contributed by atoms with Gasteiger partial charge in [0.25, 0.3) is 0 Å². The quantitative estimate of drug-likeness (QED) is 0.679. The van der Waals surface area contributed by atoms with E-state index in [1.807, 2.05) is 18.2 Å². The highest BCUT2D eigenvalue weighted by atomic mass is 16.5. The van der Waals surface area contributed by atoms with E-state index >= 15 is 0 Å². The molecule has 0 bridgehead atoms. The molecule has 24 heavy (non-hydrogen) atoms. The van der Waals surface area contributed by atoms with Crippen LogP contribution in [0.3, 0.4) is 0 Å². The first-order valence-corrected chi connectivity index (χ1v) is 7.30. The molecule has 0 spiro atoms. The standard InChI is InChI=1S/C15H16N6O3/c1-3-24-15(22)14-13(18-20-19-14)10-4-5-12(23-2)11(6-10)7-21-9-16-8-17-21/h4-6,8-9H,3,7H2,1-2H3,(H,18,19,20). The summed E-state index contributed by atoms with van der Waals surface area (Å²) in [5.74, 6) is 0.185. The Labute approximate surface area is 137 Å². The summed E-state index contributed by atoms with van der Waals surface area (Å²) < 4.78 is 12.1. The van der Waals surface area contributed by atoms with E-state index in [1.165, 1.54) is 6.33 Å². The van der Waals surface area contributed by atoms with Gasteiger partial charge < -0.3 is 9.47 Å². The predicted molar refractivity (Wildman–Crippen MR) is 83.5 cm³/mol. The fraction of sp³-hybridized carbons (Fsp3) is 0.267. The van der Waals surface area contributed by atoms with Crippen molar-refractivity contribution in [3.8, 4) is 17.0 Å². The van der Waals surface area contributed by atoms with Crippen molar-refractivity contribution in [3.05, 3.63) is 42.1 Å². The van der Waals surface area contributed by atoms with Gasteiger partial charge in [0.2, 0.25) is 0 Å². The normalized spacial score (nSPS) is 10.6. The molecule has 3 aromatic rings. The number of ether oxygens (including phenoxy) is 2. The molecule has 2 heterocycles. The number of carbonyl (C=O) groups excluding carboxylic acids is 1. The fourth-order valence-electron chi connectivity index (χ4n) is 2.31. The molecule has 0 unspecified atom stereocenters. The molecule has 9 heteroatoms. The van der Waals surface area contributed by atoms with Gasteiger partial charge in [-0.05, 0) is 25.1 Å². The second kappa shape index (κ2) is 6.90. The third-order valence-electron chi connectivity index (χ3n) is 3.37. The lowest BCUT2D eigenvalue weighted by molar-refractivity contribution is 0.0520. The van der Waals surface area contributed by atoms with Gasteiger partial charge in [-0.25, -0.2) is 14.5 Å². The molecule has 2 aromatic heterocycles. The van der Waals surface area contributed by atoms with Crippen LogP contribution in [0.4, 0.5) is 0 Å². The monoisotopic (exact) mass is 328 g/mol. The first kappa shape index (κ1) is 15.7. The Morgan fingerprint density at radius 1 is 1.33 bits per heavy atom. The Morgan fingerprint density at radius 3 is 2.92 bits per heavy atom. The molecule has 0 fully saturated rings. The van der Waals surface area contributed by atoms with Gasteiger partial charge in [0, 0.05) is 11.1 Å². The van der Waals surface area contributed by atoms with Gasteiger partial charge in [-0.2, -0.15) is 15.4 Å². The van der Waals surface area contributed by atoms with E-state index in [-0.39, 0.29) is 12.3 Å². The molecule has 0 aliphatic heterocycles. The average Bonchev–Trinajstić information content (AvgIpc) is 3.26. The van der Waals surface area contributed by atoms with Crippen molar-refractivity contribution in [1.82, 2.24) is 30.2 Å². The van der Waals surface area contributed by atoms with E-state index in [2.05, 4.69) is 25.5 Å². The van der Waals surface area contributed by atoms with Crippen LogP contribution >= 0.6 is 0 Å². The molecule has 0 aliphatic rings. The lowest BCUT2D eigenvalue weighted by Crippen LogP contribution is -2.07. The zero-order valence-corrected chi connectivity index (χ0v) is 13.3. The molecule has 9 nitrogen and oxygen atoms in total. The minimum Gasteiger partial charge on any atom is -0.496 e. The Hall–Kier alpha value is -3.23. The molecule has 1 N–H and O–H groups in total. The van der Waals surface area contributed by atoms with Crippen LogP contribution < -0.4 is 4.74 Å². The van der Waals surface area contributed by atoms with Gasteiger partial charge in [0.15, 0.2) is 5.69 Å². The number of nitrogens with zero attached hydrogens (tertiary/aromatic N) is 5. The minimum absolute atomic E-state index is 0.147. The lowest BCUT2D eigenvalue weighted by Gasteiger charge is -2.10. The largest absolute Gasteiger partial charge is 0.496 e. The Morgan fingerprint density at radius 2 is 2.21 bits per heavy atom. The van der Waals surface area contributed by atoms with Gasteiger partial charge in [0.1, 0.15) is 24.1 Å². The van der Waals surface area contributed by atoms with Crippen molar-refractivity contribution >= 4 is 5.97 Å². The van der Waals surface area contributed by atoms with E-state index in [9.17, 15) is 4.79 Å². The van der Waals surface area contributed by atoms with Crippen LogP contribution in [0, 0.1) is 0 Å². The molecule has 0 atom stereocenters. The second-order valence-corrected chi connectivity index (χ2v) is 4.86. The van der Waals surface area contributed by atoms with Crippen LogP contribution in [-0.4, -0.2) is 49.9 Å². The molecule has 0 aliphatic carbocycles. The van der Waals surface area contributed by atoms with Gasteiger partial charge in [0.05, 0.1) is 20.3 Å². The maximum Gasteiger partial charge on any atom is 0.361 e. The maximum atomic E-state index is 12.0. The number of hydrogen-bond acceptors (Lipinski definition) is 7. The summed E-state index contributed by atoms with van der Waals surface area (Å²) >= 11 is 0. The number of carbonyl (C=O) groups is 1. The van der Waals surface area contributed by atoms with Crippen LogP contribution in [0.15, 0.2) is 30.9 Å². The number of benzene rings is 1. The summed E-state index contributed by atoms with van der Waals surface area (Å²) in [7, 11) is 1.60. The van der Waals surface area contributed by atoms with Crippen LogP contribution in [0.2, 0.25) is 0 Å². The molecule has 0 saturated carbocycles. The zero-order valence-electron chi connectivity index (χ0n) is 13.3. The van der Waals surface area contributed by atoms with E-state index in [4.69, 9.17) is 9.47 Å². The number of nitrogens with one attached hydrogen (secondary N) is 1. The third kappa shape index (κ3) is 3.09. The number of esters is 1. The highest BCUT2D eigenvalue weighted by Crippen LogP contribution is 2.27. The number of aromatic nitrogens is 6. The highest BCUT2D eigenvalue weighted by molar-refractivity contribution is 5.94. The van der Waals surface area contributed by atoms with Crippen molar-refractivity contribution in [3.63, 3.8) is 0 Å². The average molecular weight is 328 g/mol. The molecule has 0 saturated heterocycles. The molecule has 0 amide bonds. The van der Waals surface area contributed by atoms with E-state index in [1.54, 1.807) is 25.0 Å². The topological polar surface area (TPSA) is 108 Å². The van der Waals surface area contributed by atoms with E-state index in [0.717, 1.165) is 11.1 Å². The van der Waals surface area contributed by atoms with Crippen LogP contribution in [-0.2, 0) is 11.3 Å². The van der Waals surface area contributed by atoms with Gasteiger partial charge >= 0.3 is 5.97 Å². The number of rotatable bonds is 6. The van der Waals surface area contributed by atoms with E-state index in [0.29, 0.717) is 18.0 Å². The molecular formula is C15H16N6O3. The number of hydrogen-bond donors (Lipinski definition) is 1. The third-order valence-corrected chi connectivity index (χ3v) is 3.37. The van der Waals surface area contributed by atoms with Crippen molar-refractivity contribution in [1.29, 1.82) is 0 Å². The van der Waals surface area contributed by atoms with Gasteiger partial charge in [-0.15, -0.1) is 5.10 Å². The summed E-state index contributed by atoms with van der Waals surface area (Å²) in [6.45, 7) is 2.48. The molecular weight excluding hydrogens is 312 g/mol. The SMILES string of the molecule is CCOC(=O)c1n[nH]nc1-c1ccc(OC)c(Cn2cncn2)c1. The van der Waals surface area contributed by atoms with Crippen molar-refractivity contribution in [2.45, 2.75) is 13.5 Å². The number of aromatic amines is 1. The predicted octanol–water partition coefficient (Wildman–Crippen LogP) is 1.30. The van der Waals surface area contributed by atoms with Crippen molar-refractivity contribution in [2.75, 3.05) is 13.7 Å². The first-order valence-electron chi connectivity index (χ1n) is 7.30. The zero-order chi connectivity index (χ0) is 16.9. The maximum absolute atomic E-state index is 12.0. The first-order chi connectivity index (χ1) is 11.7. The Kier molecular flexibility index (Phi) is 4.50. The van der Waals surface area contributed by atoms with E-state index < -0.39 is 5.97 Å². The summed E-state index contributed by atoms with van der Waals surface area (Å²) in [6, 6.07) is 5.50. The van der Waals surface area contributed by atoms with Crippen LogP contribution in [0.25, 0.3) is 11.3 Å². The molecule has 1 aromatic carbocycles. The smallest absolute Gasteiger partial charge is 0.361 e. The molecule has 3 rings (SSSR count). The second-order valence-electron chi connectivity index (χ2n) is 4.86. The number of H-pyrrole nitrogens is 1. The summed E-state index contributed by atoms with van der Waals surface area (Å²) in [5, 5.41) is 14.5. The Bertz CT molecular complexity index is 828. The summed E-state index contributed by atoms with van der Waals surface area (Å²) in [5.41, 5.74) is 2.17. The number of methoxy groups -OCH3 is 1. The van der Waals surface area contributed by atoms with Crippen molar-refractivity contribution < 1.29 is 14.3 Å². The summed E-state index contributed by atoms with van der Waals surface area (Å²) in [6.07, 6.45) is 3.08. The van der Waals surface area contributed by atoms with Crippen LogP contribution in [0.1, 0.15) is 23.0 Å².